The van der Waals surface area contributed by atoms with Gasteiger partial charge in [0.1, 0.15) is 0 Å². The normalized spacial score (nSPS) is 12.8. The molecular weight excluding hydrogens is 341 g/mol. The van der Waals surface area contributed by atoms with Gasteiger partial charge in [-0.2, -0.15) is 13.2 Å². The van der Waals surface area contributed by atoms with Crippen LogP contribution in [0.25, 0.3) is 0 Å². The first-order chi connectivity index (χ1) is 11.4. The zero-order valence-corrected chi connectivity index (χ0v) is 13.1. The maximum atomic E-state index is 12.5. The topological polar surface area (TPSA) is 42.5 Å². The highest BCUT2D eigenvalue weighted by Gasteiger charge is 2.29. The van der Waals surface area contributed by atoms with Gasteiger partial charge in [-0.3, -0.25) is 0 Å². The summed E-state index contributed by atoms with van der Waals surface area (Å²) in [5, 5.41) is 6.28. The van der Waals surface area contributed by atoms with E-state index in [1.807, 2.05) is 0 Å². The average molecular weight is 354 g/mol. The predicted octanol–water partition coefficient (Wildman–Crippen LogP) is 3.92. The molecule has 0 aromatic heterocycles. The smallest absolute Gasteiger partial charge is 0.416 e. The average Bonchev–Trinajstić information content (AvgIpc) is 3.00. The van der Waals surface area contributed by atoms with Crippen molar-refractivity contribution in [2.24, 2.45) is 0 Å². The molecule has 1 heterocycles. The molecule has 0 spiro atoms. The summed E-state index contributed by atoms with van der Waals surface area (Å²) in [4.78, 5) is 0. The Morgan fingerprint density at radius 3 is 2.46 bits per heavy atom. The molecule has 8 heteroatoms. The van der Waals surface area contributed by atoms with Gasteiger partial charge in [0, 0.05) is 18.3 Å². The molecule has 1 aliphatic heterocycles. The zero-order valence-electron chi connectivity index (χ0n) is 12.3. The van der Waals surface area contributed by atoms with Crippen molar-refractivity contribution in [3.8, 4) is 11.5 Å². The first-order valence-corrected chi connectivity index (χ1v) is 7.43. The number of halogens is 3. The van der Waals surface area contributed by atoms with Crippen molar-refractivity contribution >= 4 is 23.0 Å². The van der Waals surface area contributed by atoms with Crippen LogP contribution < -0.4 is 20.1 Å². The second-order valence-corrected chi connectivity index (χ2v) is 5.48. The maximum absolute atomic E-state index is 12.5. The lowest BCUT2D eigenvalue weighted by atomic mass is 10.1. The largest absolute Gasteiger partial charge is 0.454 e. The molecular formula is C16H13F3N2O2S. The van der Waals surface area contributed by atoms with Gasteiger partial charge in [0.25, 0.3) is 0 Å². The molecule has 0 atom stereocenters. The second kappa shape index (κ2) is 6.56. The highest BCUT2D eigenvalue weighted by atomic mass is 32.1. The molecule has 2 aromatic carbocycles. The summed E-state index contributed by atoms with van der Waals surface area (Å²) in [6.07, 6.45) is -4.33. The van der Waals surface area contributed by atoms with Crippen LogP contribution in [-0.2, 0) is 12.7 Å². The fourth-order valence-corrected chi connectivity index (χ4v) is 2.33. The van der Waals surface area contributed by atoms with Crippen molar-refractivity contribution in [1.29, 1.82) is 0 Å². The monoisotopic (exact) mass is 354 g/mol. The lowest BCUT2D eigenvalue weighted by Crippen LogP contribution is -2.27. The number of ether oxygens (including phenoxy) is 2. The fraction of sp³-hybridized carbons (Fsp3) is 0.188. The summed E-state index contributed by atoms with van der Waals surface area (Å²) in [5.41, 5.74) is 0.745. The van der Waals surface area contributed by atoms with Gasteiger partial charge >= 0.3 is 6.18 Å². The van der Waals surface area contributed by atoms with E-state index in [0.29, 0.717) is 28.7 Å². The molecule has 126 valence electrons. The van der Waals surface area contributed by atoms with Crippen LogP contribution in [0.15, 0.2) is 42.5 Å². The molecule has 0 saturated carbocycles. The highest BCUT2D eigenvalue weighted by Crippen LogP contribution is 2.34. The molecule has 0 aliphatic carbocycles. The molecule has 0 unspecified atom stereocenters. The van der Waals surface area contributed by atoms with E-state index in [-0.39, 0.29) is 6.79 Å². The molecule has 4 nitrogen and oxygen atoms in total. The molecule has 3 rings (SSSR count). The molecule has 0 bridgehead atoms. The Kier molecular flexibility index (Phi) is 4.48. The predicted molar refractivity (Wildman–Crippen MR) is 87.1 cm³/mol. The Balaban J connectivity index is 1.54. The number of fused-ring (bicyclic) bond motifs is 1. The number of benzene rings is 2. The van der Waals surface area contributed by atoms with Crippen molar-refractivity contribution < 1.29 is 22.6 Å². The van der Waals surface area contributed by atoms with Gasteiger partial charge in [0.15, 0.2) is 16.6 Å². The third-order valence-corrected chi connectivity index (χ3v) is 3.61. The Hall–Kier alpha value is -2.48. The second-order valence-electron chi connectivity index (χ2n) is 5.07. The molecule has 24 heavy (non-hydrogen) atoms. The zero-order chi connectivity index (χ0) is 17.2. The Labute approximate surface area is 141 Å². The Morgan fingerprint density at radius 1 is 1.04 bits per heavy atom. The lowest BCUT2D eigenvalue weighted by Gasteiger charge is -2.12. The summed E-state index contributed by atoms with van der Waals surface area (Å²) >= 11 is 5.17. The van der Waals surface area contributed by atoms with E-state index in [2.05, 4.69) is 10.6 Å². The summed E-state index contributed by atoms with van der Waals surface area (Å²) in [6, 6.07) is 10.2. The van der Waals surface area contributed by atoms with Crippen molar-refractivity contribution in [1.82, 2.24) is 5.32 Å². The minimum absolute atomic E-state index is 0.190. The maximum Gasteiger partial charge on any atom is 0.416 e. The number of rotatable bonds is 3. The van der Waals surface area contributed by atoms with E-state index in [9.17, 15) is 13.2 Å². The first-order valence-electron chi connectivity index (χ1n) is 7.02. The standard InChI is InChI=1S/C16H13F3N2O2S/c17-16(18,19)11-3-1-10(2-4-11)8-20-15(24)21-12-5-6-13-14(7-12)23-9-22-13/h1-7H,8-9H2,(H2,20,21,24). The highest BCUT2D eigenvalue weighted by molar-refractivity contribution is 7.80. The van der Waals surface area contributed by atoms with Crippen LogP contribution >= 0.6 is 12.2 Å². The van der Waals surface area contributed by atoms with E-state index in [4.69, 9.17) is 21.7 Å². The van der Waals surface area contributed by atoms with Crippen molar-refractivity contribution in [3.63, 3.8) is 0 Å². The van der Waals surface area contributed by atoms with Gasteiger partial charge in [-0.25, -0.2) is 0 Å². The van der Waals surface area contributed by atoms with Crippen molar-refractivity contribution in [2.75, 3.05) is 12.1 Å². The van der Waals surface area contributed by atoms with Crippen molar-refractivity contribution in [3.05, 3.63) is 53.6 Å². The van der Waals surface area contributed by atoms with E-state index in [1.165, 1.54) is 12.1 Å². The van der Waals surface area contributed by atoms with Crippen LogP contribution in [0.3, 0.4) is 0 Å². The Morgan fingerprint density at radius 2 is 1.75 bits per heavy atom. The Bertz CT molecular complexity index is 748. The van der Waals surface area contributed by atoms with Gasteiger partial charge in [0.2, 0.25) is 6.79 Å². The van der Waals surface area contributed by atoms with Gasteiger partial charge in [-0.15, -0.1) is 0 Å². The SMILES string of the molecule is FC(F)(F)c1ccc(CNC(=S)Nc2ccc3c(c2)OCO3)cc1. The number of anilines is 1. The summed E-state index contributed by atoms with van der Waals surface area (Å²) in [7, 11) is 0. The van der Waals surface area contributed by atoms with Crippen LogP contribution in [-0.4, -0.2) is 11.9 Å². The quantitative estimate of drug-likeness (QED) is 0.818. The summed E-state index contributed by atoms with van der Waals surface area (Å²) in [6.45, 7) is 0.504. The lowest BCUT2D eigenvalue weighted by molar-refractivity contribution is -0.137. The first kappa shape index (κ1) is 16.4. The van der Waals surface area contributed by atoms with Gasteiger partial charge < -0.3 is 20.1 Å². The van der Waals surface area contributed by atoms with Crippen molar-refractivity contribution in [2.45, 2.75) is 12.7 Å². The minimum atomic E-state index is -4.33. The fourth-order valence-electron chi connectivity index (χ4n) is 2.14. The number of alkyl halides is 3. The third-order valence-electron chi connectivity index (χ3n) is 3.36. The van der Waals surface area contributed by atoms with Crippen LogP contribution in [0, 0.1) is 0 Å². The number of hydrogen-bond donors (Lipinski definition) is 2. The van der Waals surface area contributed by atoms with E-state index >= 15 is 0 Å². The van der Waals surface area contributed by atoms with Crippen LogP contribution in [0.2, 0.25) is 0 Å². The molecule has 1 aliphatic rings. The van der Waals surface area contributed by atoms with E-state index < -0.39 is 11.7 Å². The summed E-state index contributed by atoms with van der Waals surface area (Å²) in [5.74, 6) is 1.30. The summed E-state index contributed by atoms with van der Waals surface area (Å²) < 4.78 is 48.0. The van der Waals surface area contributed by atoms with E-state index in [0.717, 1.165) is 17.8 Å². The molecule has 0 saturated heterocycles. The van der Waals surface area contributed by atoms with Gasteiger partial charge in [-0.1, -0.05) is 12.1 Å². The molecule has 0 fully saturated rings. The minimum Gasteiger partial charge on any atom is -0.454 e. The number of hydrogen-bond acceptors (Lipinski definition) is 3. The number of thiocarbonyl (C=S) groups is 1. The number of nitrogens with one attached hydrogen (secondary N) is 2. The van der Waals surface area contributed by atoms with Crippen LogP contribution in [0.4, 0.5) is 18.9 Å². The molecule has 0 radical (unpaired) electrons. The molecule has 2 N–H and O–H groups in total. The van der Waals surface area contributed by atoms with Crippen LogP contribution in [0.1, 0.15) is 11.1 Å². The van der Waals surface area contributed by atoms with E-state index in [1.54, 1.807) is 18.2 Å². The molecule has 2 aromatic rings. The van der Waals surface area contributed by atoms with Gasteiger partial charge in [0.05, 0.1) is 5.56 Å². The van der Waals surface area contributed by atoms with Gasteiger partial charge in [-0.05, 0) is 42.0 Å². The third kappa shape index (κ3) is 3.88. The van der Waals surface area contributed by atoms with Crippen LogP contribution in [0.5, 0.6) is 11.5 Å². The molecule has 0 amide bonds.